The fourth-order valence-electron chi connectivity index (χ4n) is 3.69. The number of benzene rings is 2. The molecule has 3 rings (SSSR count). The van der Waals surface area contributed by atoms with Gasteiger partial charge in [0.15, 0.2) is 0 Å². The van der Waals surface area contributed by atoms with Crippen molar-refractivity contribution >= 4 is 0 Å². The molecule has 2 nitrogen and oxygen atoms in total. The molecule has 2 heteroatoms. The summed E-state index contributed by atoms with van der Waals surface area (Å²) in [5.41, 5.74) is 4.09. The molecule has 2 aromatic rings. The number of hydrogen-bond acceptors (Lipinski definition) is 2. The van der Waals surface area contributed by atoms with E-state index in [1.807, 2.05) is 7.05 Å². The van der Waals surface area contributed by atoms with Crippen LogP contribution in [0.4, 0.5) is 0 Å². The van der Waals surface area contributed by atoms with Crippen LogP contribution in [-0.4, -0.2) is 13.6 Å². The molecule has 0 bridgehead atoms. The van der Waals surface area contributed by atoms with Gasteiger partial charge in [0.25, 0.3) is 0 Å². The fourth-order valence-corrected chi connectivity index (χ4v) is 3.69. The SMILES string of the molecule is CCCC(CNC)C1c2ccccc2COc2ccccc21. The van der Waals surface area contributed by atoms with Gasteiger partial charge in [0.2, 0.25) is 0 Å². The van der Waals surface area contributed by atoms with E-state index in [4.69, 9.17) is 4.74 Å². The number of ether oxygens (including phenoxy) is 1. The van der Waals surface area contributed by atoms with Gasteiger partial charge in [-0.05, 0) is 43.1 Å². The number of nitrogens with one attached hydrogen (secondary N) is 1. The molecule has 0 saturated heterocycles. The maximum Gasteiger partial charge on any atom is 0.123 e. The summed E-state index contributed by atoms with van der Waals surface area (Å²) >= 11 is 0. The summed E-state index contributed by atoms with van der Waals surface area (Å²) in [5.74, 6) is 2.03. The lowest BCUT2D eigenvalue weighted by Gasteiger charge is -2.28. The maximum atomic E-state index is 6.09. The second-order valence-electron chi connectivity index (χ2n) is 6.11. The smallest absolute Gasteiger partial charge is 0.123 e. The Morgan fingerprint density at radius 3 is 2.59 bits per heavy atom. The second kappa shape index (κ2) is 6.97. The van der Waals surface area contributed by atoms with Crippen LogP contribution < -0.4 is 10.1 Å². The number of rotatable bonds is 5. The molecule has 2 unspecified atom stereocenters. The van der Waals surface area contributed by atoms with Crippen molar-refractivity contribution in [3.63, 3.8) is 0 Å². The van der Waals surface area contributed by atoms with Gasteiger partial charge in [0.05, 0.1) is 0 Å². The molecule has 1 N–H and O–H groups in total. The van der Waals surface area contributed by atoms with Crippen LogP contribution in [0.1, 0.15) is 42.4 Å². The monoisotopic (exact) mass is 295 g/mol. The van der Waals surface area contributed by atoms with Crippen molar-refractivity contribution in [2.75, 3.05) is 13.6 Å². The molecule has 0 amide bonds. The summed E-state index contributed by atoms with van der Waals surface area (Å²) in [5, 5.41) is 3.39. The van der Waals surface area contributed by atoms with E-state index >= 15 is 0 Å². The molecule has 0 spiro atoms. The quantitative estimate of drug-likeness (QED) is 0.885. The van der Waals surface area contributed by atoms with Crippen molar-refractivity contribution in [3.05, 3.63) is 65.2 Å². The molecule has 1 heterocycles. The zero-order valence-electron chi connectivity index (χ0n) is 13.5. The zero-order chi connectivity index (χ0) is 15.4. The Morgan fingerprint density at radius 1 is 1.09 bits per heavy atom. The summed E-state index contributed by atoms with van der Waals surface area (Å²) < 4.78 is 6.09. The normalized spacial score (nSPS) is 17.8. The summed E-state index contributed by atoms with van der Waals surface area (Å²) in [4.78, 5) is 0. The lowest BCUT2D eigenvalue weighted by atomic mass is 9.77. The highest BCUT2D eigenvalue weighted by Gasteiger charge is 2.30. The van der Waals surface area contributed by atoms with Crippen LogP contribution in [-0.2, 0) is 6.61 Å². The third kappa shape index (κ3) is 2.89. The van der Waals surface area contributed by atoms with Crippen molar-refractivity contribution in [2.24, 2.45) is 5.92 Å². The van der Waals surface area contributed by atoms with Gasteiger partial charge >= 0.3 is 0 Å². The first kappa shape index (κ1) is 15.1. The highest BCUT2D eigenvalue weighted by molar-refractivity contribution is 5.47. The highest BCUT2D eigenvalue weighted by Crippen LogP contribution is 2.42. The van der Waals surface area contributed by atoms with Crippen molar-refractivity contribution in [1.29, 1.82) is 0 Å². The molecule has 0 fully saturated rings. The summed E-state index contributed by atoms with van der Waals surface area (Å²) in [6.07, 6.45) is 2.42. The molecular formula is C20H25NO. The topological polar surface area (TPSA) is 21.3 Å². The van der Waals surface area contributed by atoms with E-state index in [1.54, 1.807) is 0 Å². The van der Waals surface area contributed by atoms with Crippen LogP contribution in [0.25, 0.3) is 0 Å². The van der Waals surface area contributed by atoms with Crippen molar-refractivity contribution < 1.29 is 4.74 Å². The molecule has 2 aromatic carbocycles. The molecule has 116 valence electrons. The van der Waals surface area contributed by atoms with E-state index in [0.717, 1.165) is 12.3 Å². The lowest BCUT2D eigenvalue weighted by Crippen LogP contribution is -2.26. The van der Waals surface area contributed by atoms with Crippen molar-refractivity contribution in [1.82, 2.24) is 5.32 Å². The molecule has 0 saturated carbocycles. The van der Waals surface area contributed by atoms with Gasteiger partial charge in [-0.1, -0.05) is 55.8 Å². The maximum absolute atomic E-state index is 6.09. The largest absolute Gasteiger partial charge is 0.489 e. The first-order valence-electron chi connectivity index (χ1n) is 8.29. The lowest BCUT2D eigenvalue weighted by molar-refractivity contribution is 0.306. The van der Waals surface area contributed by atoms with Crippen molar-refractivity contribution in [2.45, 2.75) is 32.3 Å². The highest BCUT2D eigenvalue weighted by atomic mass is 16.5. The fraction of sp³-hybridized carbons (Fsp3) is 0.400. The van der Waals surface area contributed by atoms with Gasteiger partial charge < -0.3 is 10.1 Å². The summed E-state index contributed by atoms with van der Waals surface area (Å²) in [6.45, 7) is 3.97. The van der Waals surface area contributed by atoms with E-state index in [0.29, 0.717) is 18.4 Å². The van der Waals surface area contributed by atoms with Gasteiger partial charge in [-0.3, -0.25) is 0 Å². The Bertz CT molecular complexity index is 569. The molecule has 0 aromatic heterocycles. The van der Waals surface area contributed by atoms with E-state index in [1.165, 1.54) is 29.5 Å². The van der Waals surface area contributed by atoms with E-state index in [-0.39, 0.29) is 0 Å². The third-order valence-electron chi connectivity index (χ3n) is 4.62. The molecule has 22 heavy (non-hydrogen) atoms. The Kier molecular flexibility index (Phi) is 4.79. The van der Waals surface area contributed by atoms with E-state index < -0.39 is 0 Å². The van der Waals surface area contributed by atoms with Crippen molar-refractivity contribution in [3.8, 4) is 5.75 Å². The predicted molar refractivity (Wildman–Crippen MR) is 91.4 cm³/mol. The average Bonchev–Trinajstić information content (AvgIpc) is 2.71. The van der Waals surface area contributed by atoms with Crippen LogP contribution in [0.3, 0.4) is 0 Å². The number of para-hydroxylation sites is 1. The molecule has 0 aliphatic carbocycles. The Hall–Kier alpha value is -1.80. The minimum Gasteiger partial charge on any atom is -0.489 e. The first-order valence-corrected chi connectivity index (χ1v) is 8.29. The minimum absolute atomic E-state index is 0.405. The molecule has 2 atom stereocenters. The third-order valence-corrected chi connectivity index (χ3v) is 4.62. The second-order valence-corrected chi connectivity index (χ2v) is 6.11. The standard InChI is InChI=1S/C20H25NO/c1-3-8-15(13-21-2)20-17-10-5-4-9-16(17)14-22-19-12-7-6-11-18(19)20/h4-7,9-12,15,20-21H,3,8,13-14H2,1-2H3. The van der Waals surface area contributed by atoms with E-state index in [2.05, 4.69) is 60.8 Å². The van der Waals surface area contributed by atoms with Gasteiger partial charge in [-0.2, -0.15) is 0 Å². The van der Waals surface area contributed by atoms with Gasteiger partial charge in [0.1, 0.15) is 12.4 Å². The molecule has 1 aliphatic rings. The number of hydrogen-bond donors (Lipinski definition) is 1. The predicted octanol–water partition coefficient (Wildman–Crippen LogP) is 4.35. The number of fused-ring (bicyclic) bond motifs is 2. The van der Waals surface area contributed by atoms with Crippen LogP contribution in [0.5, 0.6) is 5.75 Å². The van der Waals surface area contributed by atoms with Crippen LogP contribution in [0.15, 0.2) is 48.5 Å². The van der Waals surface area contributed by atoms with Crippen LogP contribution >= 0.6 is 0 Å². The molecular weight excluding hydrogens is 270 g/mol. The Balaban J connectivity index is 2.12. The van der Waals surface area contributed by atoms with Gasteiger partial charge in [-0.15, -0.1) is 0 Å². The summed E-state index contributed by atoms with van der Waals surface area (Å²) in [7, 11) is 2.05. The van der Waals surface area contributed by atoms with E-state index in [9.17, 15) is 0 Å². The van der Waals surface area contributed by atoms with Crippen LogP contribution in [0, 0.1) is 5.92 Å². The summed E-state index contributed by atoms with van der Waals surface area (Å²) in [6, 6.07) is 17.3. The zero-order valence-corrected chi connectivity index (χ0v) is 13.5. The van der Waals surface area contributed by atoms with Gasteiger partial charge in [-0.25, -0.2) is 0 Å². The minimum atomic E-state index is 0.405. The average molecular weight is 295 g/mol. The first-order chi connectivity index (χ1) is 10.8. The van der Waals surface area contributed by atoms with Gasteiger partial charge in [0, 0.05) is 11.5 Å². The Labute approximate surface area is 133 Å². The molecule has 0 radical (unpaired) electrons. The van der Waals surface area contributed by atoms with Crippen LogP contribution in [0.2, 0.25) is 0 Å². The molecule has 1 aliphatic heterocycles. The Morgan fingerprint density at radius 2 is 1.82 bits per heavy atom.